The molecule has 146 valence electrons. The molecule has 1 atom stereocenters. The van der Waals surface area contributed by atoms with Gasteiger partial charge in [0.2, 0.25) is 5.91 Å². The van der Waals surface area contributed by atoms with E-state index in [4.69, 9.17) is 0 Å². The Bertz CT molecular complexity index is 1110. The van der Waals surface area contributed by atoms with Crippen LogP contribution in [0.2, 0.25) is 0 Å². The van der Waals surface area contributed by atoms with Gasteiger partial charge in [0.05, 0.1) is 10.9 Å². The predicted molar refractivity (Wildman–Crippen MR) is 116 cm³/mol. The Labute approximate surface area is 176 Å². The van der Waals surface area contributed by atoms with E-state index in [1.807, 2.05) is 66.4 Å². The molecule has 0 radical (unpaired) electrons. The Balaban J connectivity index is 1.42. The highest BCUT2D eigenvalue weighted by atomic mass is 32.2. The van der Waals surface area contributed by atoms with E-state index in [9.17, 15) is 4.79 Å². The lowest BCUT2D eigenvalue weighted by molar-refractivity contribution is -0.115. The second-order valence-electron chi connectivity index (χ2n) is 6.25. The van der Waals surface area contributed by atoms with Crippen LogP contribution in [0.5, 0.6) is 0 Å². The maximum atomic E-state index is 12.6. The van der Waals surface area contributed by atoms with E-state index in [0.717, 1.165) is 22.6 Å². The number of amides is 1. The Morgan fingerprint density at radius 3 is 2.62 bits per heavy atom. The number of carbonyl (C=O) groups excluding carboxylic acids is 1. The summed E-state index contributed by atoms with van der Waals surface area (Å²) in [5.74, 6) is 0.604. The van der Waals surface area contributed by atoms with Crippen molar-refractivity contribution in [3.8, 4) is 22.6 Å². The van der Waals surface area contributed by atoms with Crippen LogP contribution in [0.15, 0.2) is 65.4 Å². The summed E-state index contributed by atoms with van der Waals surface area (Å²) >= 11 is 2.76. The monoisotopic (exact) mass is 422 g/mol. The van der Waals surface area contributed by atoms with Gasteiger partial charge in [-0.1, -0.05) is 42.1 Å². The van der Waals surface area contributed by atoms with Crippen LogP contribution in [0.4, 0.5) is 5.13 Å². The summed E-state index contributed by atoms with van der Waals surface area (Å²) < 4.78 is 1.88. The quantitative estimate of drug-likeness (QED) is 0.471. The molecular formula is C20H18N6OS2. The normalized spacial score (nSPS) is 11.9. The predicted octanol–water partition coefficient (Wildman–Crippen LogP) is 4.12. The van der Waals surface area contributed by atoms with E-state index in [2.05, 4.69) is 25.5 Å². The van der Waals surface area contributed by atoms with E-state index in [0.29, 0.717) is 10.3 Å². The average molecular weight is 423 g/mol. The molecule has 1 N–H and O–H groups in total. The number of hydrogen-bond donors (Lipinski definition) is 1. The molecule has 0 saturated carbocycles. The van der Waals surface area contributed by atoms with Crippen molar-refractivity contribution >= 4 is 34.1 Å². The molecule has 29 heavy (non-hydrogen) atoms. The standard InChI is InChI=1S/C20H18N6OS2/c1-13(29-20-25-24-17(26(20)2)15-8-10-21-11-9-15)18(27)23-19-22-16(12-28-19)14-6-4-3-5-7-14/h3-13H,1-2H3,(H,22,23,27)/t13-/m0/s1. The summed E-state index contributed by atoms with van der Waals surface area (Å²) in [5.41, 5.74) is 2.80. The first-order chi connectivity index (χ1) is 14.1. The van der Waals surface area contributed by atoms with E-state index in [1.165, 1.54) is 23.1 Å². The number of carbonyl (C=O) groups is 1. The van der Waals surface area contributed by atoms with Crippen LogP contribution in [0.1, 0.15) is 6.92 Å². The van der Waals surface area contributed by atoms with Crippen molar-refractivity contribution < 1.29 is 4.79 Å². The summed E-state index contributed by atoms with van der Waals surface area (Å²) in [6.07, 6.45) is 3.43. The van der Waals surface area contributed by atoms with E-state index >= 15 is 0 Å². The van der Waals surface area contributed by atoms with Gasteiger partial charge in [0.15, 0.2) is 16.1 Å². The number of hydrogen-bond acceptors (Lipinski definition) is 7. The van der Waals surface area contributed by atoms with Gasteiger partial charge in [-0.05, 0) is 19.1 Å². The smallest absolute Gasteiger partial charge is 0.239 e. The highest BCUT2D eigenvalue weighted by molar-refractivity contribution is 8.00. The minimum atomic E-state index is -0.354. The zero-order valence-corrected chi connectivity index (χ0v) is 17.4. The van der Waals surface area contributed by atoms with E-state index in [-0.39, 0.29) is 11.2 Å². The lowest BCUT2D eigenvalue weighted by Crippen LogP contribution is -2.22. The minimum Gasteiger partial charge on any atom is -0.305 e. The minimum absolute atomic E-state index is 0.127. The zero-order chi connectivity index (χ0) is 20.2. The maximum absolute atomic E-state index is 12.6. The van der Waals surface area contributed by atoms with Gasteiger partial charge < -0.3 is 9.88 Å². The van der Waals surface area contributed by atoms with Crippen LogP contribution in [0, 0.1) is 0 Å². The summed E-state index contributed by atoms with van der Waals surface area (Å²) in [7, 11) is 1.88. The van der Waals surface area contributed by atoms with Gasteiger partial charge in [0.25, 0.3) is 0 Å². The molecule has 1 amide bonds. The summed E-state index contributed by atoms with van der Waals surface area (Å²) in [4.78, 5) is 21.1. The number of benzene rings is 1. The molecule has 3 heterocycles. The molecule has 0 aliphatic rings. The third kappa shape index (κ3) is 4.36. The second kappa shape index (κ2) is 8.54. The van der Waals surface area contributed by atoms with Crippen molar-refractivity contribution in [2.45, 2.75) is 17.3 Å². The molecule has 0 saturated heterocycles. The van der Waals surface area contributed by atoms with Gasteiger partial charge in [-0.3, -0.25) is 9.78 Å². The van der Waals surface area contributed by atoms with Crippen molar-refractivity contribution in [3.63, 3.8) is 0 Å². The number of pyridine rings is 1. The highest BCUT2D eigenvalue weighted by Crippen LogP contribution is 2.28. The maximum Gasteiger partial charge on any atom is 0.239 e. The molecule has 7 nitrogen and oxygen atoms in total. The molecule has 3 aromatic heterocycles. The molecule has 4 rings (SSSR count). The molecular weight excluding hydrogens is 404 g/mol. The van der Waals surface area contributed by atoms with Crippen LogP contribution >= 0.6 is 23.1 Å². The lowest BCUT2D eigenvalue weighted by Gasteiger charge is -2.10. The van der Waals surface area contributed by atoms with Crippen molar-refractivity contribution in [1.82, 2.24) is 24.7 Å². The zero-order valence-electron chi connectivity index (χ0n) is 15.8. The Morgan fingerprint density at radius 2 is 1.86 bits per heavy atom. The van der Waals surface area contributed by atoms with Crippen LogP contribution in [-0.4, -0.2) is 35.9 Å². The molecule has 0 bridgehead atoms. The number of thioether (sulfide) groups is 1. The van der Waals surface area contributed by atoms with Gasteiger partial charge in [-0.15, -0.1) is 21.5 Å². The van der Waals surface area contributed by atoms with Gasteiger partial charge in [-0.25, -0.2) is 4.98 Å². The number of nitrogens with zero attached hydrogens (tertiary/aromatic N) is 5. The van der Waals surface area contributed by atoms with E-state index < -0.39 is 0 Å². The van der Waals surface area contributed by atoms with Crippen molar-refractivity contribution in [3.05, 3.63) is 60.2 Å². The Hall–Kier alpha value is -3.04. The highest BCUT2D eigenvalue weighted by Gasteiger charge is 2.20. The molecule has 9 heteroatoms. The van der Waals surface area contributed by atoms with Crippen LogP contribution in [0.3, 0.4) is 0 Å². The van der Waals surface area contributed by atoms with Crippen molar-refractivity contribution in [1.29, 1.82) is 0 Å². The number of nitrogens with one attached hydrogen (secondary N) is 1. The largest absolute Gasteiger partial charge is 0.305 e. The van der Waals surface area contributed by atoms with Crippen molar-refractivity contribution in [2.24, 2.45) is 7.05 Å². The fourth-order valence-electron chi connectivity index (χ4n) is 2.66. The molecule has 0 unspecified atom stereocenters. The van der Waals surface area contributed by atoms with Crippen molar-refractivity contribution in [2.75, 3.05) is 5.32 Å². The average Bonchev–Trinajstić information content (AvgIpc) is 3.36. The number of rotatable bonds is 6. The Kier molecular flexibility index (Phi) is 5.68. The summed E-state index contributed by atoms with van der Waals surface area (Å²) in [6.45, 7) is 1.84. The first kappa shape index (κ1) is 19.3. The summed E-state index contributed by atoms with van der Waals surface area (Å²) in [6, 6.07) is 13.6. The first-order valence-electron chi connectivity index (χ1n) is 8.90. The molecule has 0 spiro atoms. The Morgan fingerprint density at radius 1 is 1.10 bits per heavy atom. The first-order valence-corrected chi connectivity index (χ1v) is 10.7. The van der Waals surface area contributed by atoms with E-state index in [1.54, 1.807) is 12.4 Å². The fourth-order valence-corrected chi connectivity index (χ4v) is 4.20. The fraction of sp³-hybridized carbons (Fsp3) is 0.150. The number of thiazole rings is 1. The molecule has 0 aliphatic carbocycles. The second-order valence-corrected chi connectivity index (χ2v) is 8.42. The lowest BCUT2D eigenvalue weighted by atomic mass is 10.2. The number of anilines is 1. The molecule has 0 aliphatic heterocycles. The van der Waals surface area contributed by atoms with Crippen LogP contribution in [0.25, 0.3) is 22.6 Å². The van der Waals surface area contributed by atoms with Gasteiger partial charge >= 0.3 is 0 Å². The van der Waals surface area contributed by atoms with Gasteiger partial charge in [0.1, 0.15) is 0 Å². The molecule has 0 fully saturated rings. The third-order valence-corrected chi connectivity index (χ3v) is 6.12. The molecule has 1 aromatic carbocycles. The van der Waals surface area contributed by atoms with Gasteiger partial charge in [0, 0.05) is 35.9 Å². The summed E-state index contributed by atoms with van der Waals surface area (Å²) in [5, 5.41) is 14.2. The topological polar surface area (TPSA) is 85.6 Å². The SMILES string of the molecule is C[C@H](Sc1nnc(-c2ccncc2)n1C)C(=O)Nc1nc(-c2ccccc2)cs1. The number of aromatic nitrogens is 5. The van der Waals surface area contributed by atoms with Crippen LogP contribution in [-0.2, 0) is 11.8 Å². The third-order valence-electron chi connectivity index (χ3n) is 4.23. The molecule has 4 aromatic rings. The van der Waals surface area contributed by atoms with Crippen LogP contribution < -0.4 is 5.32 Å². The van der Waals surface area contributed by atoms with Gasteiger partial charge in [-0.2, -0.15) is 0 Å².